The fourth-order valence-corrected chi connectivity index (χ4v) is 0.919. The van der Waals surface area contributed by atoms with Crippen molar-refractivity contribution in [1.29, 1.82) is 0 Å². The number of nitrogens with zero attached hydrogens (tertiary/aromatic N) is 3. The molecule has 0 saturated heterocycles. The minimum atomic E-state index is 0.307. The van der Waals surface area contributed by atoms with Crippen molar-refractivity contribution in [1.82, 2.24) is 15.0 Å². The molecule has 0 N–H and O–H groups in total. The van der Waals surface area contributed by atoms with Crippen molar-refractivity contribution in [2.75, 3.05) is 0 Å². The highest BCUT2D eigenvalue weighted by atomic mass is 16.1. The Kier molecular flexibility index (Phi) is 1.51. The van der Waals surface area contributed by atoms with E-state index in [4.69, 9.17) is 0 Å². The van der Waals surface area contributed by atoms with Gasteiger partial charge >= 0.3 is 0 Å². The van der Waals surface area contributed by atoms with Crippen LogP contribution in [-0.2, 0) is 0 Å². The monoisotopic (exact) mass is 159 g/mol. The molecule has 0 unspecified atom stereocenters. The molecule has 2 aromatic heterocycles. The molecule has 0 saturated carbocycles. The number of aromatic nitrogens is 3. The Bertz CT molecular complexity index is 427. The van der Waals surface area contributed by atoms with Crippen molar-refractivity contribution in [3.05, 3.63) is 30.2 Å². The molecule has 0 fully saturated rings. The number of carbonyl (C=O) groups excluding carboxylic acids is 1. The van der Waals surface area contributed by atoms with Gasteiger partial charge in [-0.05, 0) is 12.1 Å². The first-order chi connectivity index (χ1) is 5.90. The van der Waals surface area contributed by atoms with Gasteiger partial charge in [-0.3, -0.25) is 9.78 Å². The average molecular weight is 159 g/mol. The van der Waals surface area contributed by atoms with Crippen molar-refractivity contribution in [3.63, 3.8) is 0 Å². The SMILES string of the molecule is O=Cc1cnc2cccnc2n1. The Morgan fingerprint density at radius 2 is 2.25 bits per heavy atom. The standard InChI is InChI=1S/C8H5N3O/c12-5-6-4-10-7-2-1-3-9-8(7)11-6/h1-5H. The van der Waals surface area contributed by atoms with E-state index in [1.807, 2.05) is 0 Å². The van der Waals surface area contributed by atoms with Crippen LogP contribution in [0, 0.1) is 0 Å². The Morgan fingerprint density at radius 1 is 1.33 bits per heavy atom. The molecule has 2 aromatic rings. The first kappa shape index (κ1) is 6.84. The largest absolute Gasteiger partial charge is 0.296 e. The van der Waals surface area contributed by atoms with Gasteiger partial charge < -0.3 is 0 Å². The molecule has 0 aliphatic carbocycles. The number of carbonyl (C=O) groups is 1. The van der Waals surface area contributed by atoms with Crippen LogP contribution in [0.1, 0.15) is 10.5 Å². The second-order valence-electron chi connectivity index (χ2n) is 2.26. The quantitative estimate of drug-likeness (QED) is 0.578. The normalized spacial score (nSPS) is 10.0. The molecular formula is C8H5N3O. The summed E-state index contributed by atoms with van der Waals surface area (Å²) in [5.74, 6) is 0. The lowest BCUT2D eigenvalue weighted by molar-refractivity contribution is 0.111. The van der Waals surface area contributed by atoms with Crippen LogP contribution in [0.3, 0.4) is 0 Å². The van der Waals surface area contributed by atoms with E-state index in [9.17, 15) is 4.79 Å². The number of hydrogen-bond acceptors (Lipinski definition) is 4. The Balaban J connectivity index is 2.75. The van der Waals surface area contributed by atoms with Gasteiger partial charge in [0, 0.05) is 6.20 Å². The lowest BCUT2D eigenvalue weighted by Gasteiger charge is -1.93. The summed E-state index contributed by atoms with van der Waals surface area (Å²) in [6, 6.07) is 3.57. The van der Waals surface area contributed by atoms with E-state index < -0.39 is 0 Å². The molecule has 0 atom stereocenters. The second kappa shape index (κ2) is 2.65. The summed E-state index contributed by atoms with van der Waals surface area (Å²) in [6.45, 7) is 0. The fraction of sp³-hybridized carbons (Fsp3) is 0. The molecular weight excluding hydrogens is 154 g/mol. The van der Waals surface area contributed by atoms with Crippen molar-refractivity contribution in [3.8, 4) is 0 Å². The molecule has 0 aliphatic heterocycles. The third-order valence-electron chi connectivity index (χ3n) is 1.46. The predicted molar refractivity (Wildman–Crippen MR) is 42.7 cm³/mol. The zero-order chi connectivity index (χ0) is 8.39. The topological polar surface area (TPSA) is 55.7 Å². The lowest BCUT2D eigenvalue weighted by atomic mass is 10.4. The smallest absolute Gasteiger partial charge is 0.178 e. The highest BCUT2D eigenvalue weighted by Gasteiger charge is 1.97. The maximum Gasteiger partial charge on any atom is 0.178 e. The van der Waals surface area contributed by atoms with Gasteiger partial charge in [0.2, 0.25) is 0 Å². The maximum absolute atomic E-state index is 10.3. The van der Waals surface area contributed by atoms with Gasteiger partial charge in [-0.15, -0.1) is 0 Å². The van der Waals surface area contributed by atoms with E-state index in [0.29, 0.717) is 23.1 Å². The molecule has 2 rings (SSSR count). The number of fused-ring (bicyclic) bond motifs is 1. The van der Waals surface area contributed by atoms with Gasteiger partial charge in [-0.1, -0.05) is 0 Å². The molecule has 0 radical (unpaired) electrons. The van der Waals surface area contributed by atoms with Crippen LogP contribution in [0.2, 0.25) is 0 Å². The minimum Gasteiger partial charge on any atom is -0.296 e. The van der Waals surface area contributed by atoms with Crippen LogP contribution in [0.25, 0.3) is 11.2 Å². The van der Waals surface area contributed by atoms with Gasteiger partial charge in [0.15, 0.2) is 11.9 Å². The molecule has 0 aliphatic rings. The van der Waals surface area contributed by atoms with Crippen molar-refractivity contribution in [2.24, 2.45) is 0 Å². The third-order valence-corrected chi connectivity index (χ3v) is 1.46. The van der Waals surface area contributed by atoms with Crippen LogP contribution in [0.5, 0.6) is 0 Å². The van der Waals surface area contributed by atoms with Crippen LogP contribution in [-0.4, -0.2) is 21.2 Å². The van der Waals surface area contributed by atoms with Gasteiger partial charge in [-0.25, -0.2) is 9.97 Å². The number of aldehydes is 1. The van der Waals surface area contributed by atoms with Crippen LogP contribution in [0.15, 0.2) is 24.5 Å². The van der Waals surface area contributed by atoms with Gasteiger partial charge in [0.05, 0.1) is 6.20 Å². The first-order valence-electron chi connectivity index (χ1n) is 3.43. The number of pyridine rings is 1. The molecule has 58 valence electrons. The molecule has 4 heteroatoms. The van der Waals surface area contributed by atoms with Crippen molar-refractivity contribution in [2.45, 2.75) is 0 Å². The third kappa shape index (κ3) is 1.03. The summed E-state index contributed by atoms with van der Waals surface area (Å²) in [6.07, 6.45) is 3.70. The van der Waals surface area contributed by atoms with E-state index in [1.165, 1.54) is 6.20 Å². The Morgan fingerprint density at radius 3 is 3.08 bits per heavy atom. The zero-order valence-corrected chi connectivity index (χ0v) is 6.14. The van der Waals surface area contributed by atoms with Gasteiger partial charge in [-0.2, -0.15) is 0 Å². The fourth-order valence-electron chi connectivity index (χ4n) is 0.919. The summed E-state index contributed by atoms with van der Waals surface area (Å²) in [4.78, 5) is 22.2. The Hall–Kier alpha value is -1.84. The van der Waals surface area contributed by atoms with Crippen LogP contribution < -0.4 is 0 Å². The summed E-state index contributed by atoms with van der Waals surface area (Å²) < 4.78 is 0. The average Bonchev–Trinajstić information content (AvgIpc) is 2.17. The predicted octanol–water partition coefficient (Wildman–Crippen LogP) is 0.837. The second-order valence-corrected chi connectivity index (χ2v) is 2.26. The van der Waals surface area contributed by atoms with Gasteiger partial charge in [0.25, 0.3) is 0 Å². The lowest BCUT2D eigenvalue weighted by Crippen LogP contribution is -1.91. The van der Waals surface area contributed by atoms with E-state index in [1.54, 1.807) is 18.3 Å². The van der Waals surface area contributed by atoms with E-state index in [-0.39, 0.29) is 0 Å². The summed E-state index contributed by atoms with van der Waals surface area (Å²) in [5, 5.41) is 0. The van der Waals surface area contributed by atoms with Crippen molar-refractivity contribution < 1.29 is 4.79 Å². The van der Waals surface area contributed by atoms with E-state index in [2.05, 4.69) is 15.0 Å². The molecule has 0 spiro atoms. The van der Waals surface area contributed by atoms with Gasteiger partial charge in [0.1, 0.15) is 11.2 Å². The first-order valence-corrected chi connectivity index (χ1v) is 3.43. The summed E-state index contributed by atoms with van der Waals surface area (Å²) >= 11 is 0. The van der Waals surface area contributed by atoms with Crippen molar-refractivity contribution >= 4 is 17.5 Å². The Labute approximate surface area is 68.3 Å². The molecule has 4 nitrogen and oxygen atoms in total. The maximum atomic E-state index is 10.3. The molecule has 2 heterocycles. The van der Waals surface area contributed by atoms with Crippen LogP contribution in [0.4, 0.5) is 0 Å². The zero-order valence-electron chi connectivity index (χ0n) is 6.14. The highest BCUT2D eigenvalue weighted by Crippen LogP contribution is 2.03. The molecule has 0 bridgehead atoms. The molecule has 0 amide bonds. The number of hydrogen-bond donors (Lipinski definition) is 0. The minimum absolute atomic E-state index is 0.307. The molecule has 0 aromatic carbocycles. The highest BCUT2D eigenvalue weighted by molar-refractivity contribution is 5.76. The summed E-state index contributed by atoms with van der Waals surface area (Å²) in [7, 11) is 0. The van der Waals surface area contributed by atoms with Crippen LogP contribution >= 0.6 is 0 Å². The molecule has 12 heavy (non-hydrogen) atoms. The summed E-state index contributed by atoms with van der Waals surface area (Å²) in [5.41, 5.74) is 1.51. The van der Waals surface area contributed by atoms with E-state index >= 15 is 0 Å². The number of rotatable bonds is 1. The van der Waals surface area contributed by atoms with E-state index in [0.717, 1.165) is 0 Å².